The summed E-state index contributed by atoms with van der Waals surface area (Å²) < 4.78 is 39.0. The van der Waals surface area contributed by atoms with Crippen molar-refractivity contribution in [1.82, 2.24) is 0 Å². The number of rotatable bonds is 4. The molecule has 0 aromatic heterocycles. The molecule has 106 valence electrons. The summed E-state index contributed by atoms with van der Waals surface area (Å²) in [5.41, 5.74) is 1.56. The lowest BCUT2D eigenvalue weighted by Gasteiger charge is -2.21. The van der Waals surface area contributed by atoms with Gasteiger partial charge in [-0.15, -0.1) is 0 Å². The Labute approximate surface area is 108 Å². The van der Waals surface area contributed by atoms with Crippen LogP contribution in [0.4, 0.5) is 28.6 Å². The highest BCUT2D eigenvalue weighted by Gasteiger charge is 2.20. The Morgan fingerprint density at radius 2 is 1.68 bits per heavy atom. The van der Waals surface area contributed by atoms with Crippen molar-refractivity contribution in [1.29, 1.82) is 5.39 Å². The van der Waals surface area contributed by atoms with E-state index in [1.54, 1.807) is 12.1 Å². The second-order valence-electron chi connectivity index (χ2n) is 3.41. The van der Waals surface area contributed by atoms with E-state index in [9.17, 15) is 17.3 Å². The molecular weight excluding hydrogens is 265 g/mol. The first kappa shape index (κ1) is 17.2. The average Bonchev–Trinajstić information content (AvgIpc) is 2.34. The van der Waals surface area contributed by atoms with E-state index in [2.05, 4.69) is 4.98 Å². The van der Waals surface area contributed by atoms with Crippen LogP contribution in [0.25, 0.3) is 4.98 Å². The number of hydrogen-bond donors (Lipinski definition) is 1. The Hall–Kier alpha value is -1.82. The van der Waals surface area contributed by atoms with Gasteiger partial charge in [-0.3, -0.25) is 0 Å². The number of aliphatic hydroxyl groups is 1. The van der Waals surface area contributed by atoms with E-state index in [0.717, 1.165) is 12.2 Å². The molecule has 1 rings (SSSR count). The predicted molar refractivity (Wildman–Crippen MR) is 66.3 cm³/mol. The maximum absolute atomic E-state index is 9.75. The fraction of sp³-hybridized carbons (Fsp3) is 0.400. The first-order chi connectivity index (χ1) is 8.81. The molecule has 19 heavy (non-hydrogen) atoms. The van der Waals surface area contributed by atoms with Gasteiger partial charge in [0.05, 0.1) is 6.61 Å². The van der Waals surface area contributed by atoms with Crippen LogP contribution in [0.15, 0.2) is 24.3 Å². The van der Waals surface area contributed by atoms with Crippen molar-refractivity contribution >= 4 is 18.6 Å². The Balaban J connectivity index is 0.000000555. The molecule has 0 aliphatic rings. The van der Waals surface area contributed by atoms with Gasteiger partial charge < -0.3 is 27.3 Å². The number of likely N-dealkylation sites (N-methyl/N-ethyl adjacent to an activating group) is 1. The number of diazo groups is 1. The first-order valence-corrected chi connectivity index (χ1v) is 5.50. The van der Waals surface area contributed by atoms with E-state index in [1.165, 1.54) is 0 Å². The van der Waals surface area contributed by atoms with E-state index in [1.807, 2.05) is 24.0 Å². The Morgan fingerprint density at radius 1 is 1.21 bits per heavy atom. The maximum Gasteiger partial charge on any atom is 0.673 e. The molecule has 0 aliphatic carbocycles. The van der Waals surface area contributed by atoms with Gasteiger partial charge in [0, 0.05) is 30.9 Å². The molecule has 1 N–H and O–H groups in total. The molecule has 0 fully saturated rings. The van der Waals surface area contributed by atoms with Crippen molar-refractivity contribution in [2.45, 2.75) is 6.92 Å². The predicted octanol–water partition coefficient (Wildman–Crippen LogP) is 3.29. The maximum atomic E-state index is 9.75. The highest BCUT2D eigenvalue weighted by atomic mass is 19.5. The van der Waals surface area contributed by atoms with E-state index >= 15 is 0 Å². The van der Waals surface area contributed by atoms with E-state index in [-0.39, 0.29) is 6.61 Å². The van der Waals surface area contributed by atoms with Gasteiger partial charge in [0.1, 0.15) is 0 Å². The van der Waals surface area contributed by atoms with Crippen LogP contribution in [0.2, 0.25) is 0 Å². The summed E-state index contributed by atoms with van der Waals surface area (Å²) in [6.45, 7) is 3.63. The van der Waals surface area contributed by atoms with Crippen LogP contribution in [-0.4, -0.2) is 32.1 Å². The standard InChI is InChI=1S/C10H14N3O.BF4/c1-2-13(7-8-14)10-5-3-9(12-11)4-6-10;2-1(3,4)5/h3-6,14H,2,7-8H2,1H3;/q+1;-1. The fourth-order valence-corrected chi connectivity index (χ4v) is 1.32. The summed E-state index contributed by atoms with van der Waals surface area (Å²) in [5, 5.41) is 17.3. The molecule has 0 spiro atoms. The van der Waals surface area contributed by atoms with Gasteiger partial charge in [-0.05, 0) is 19.1 Å². The Morgan fingerprint density at radius 3 is 2.00 bits per heavy atom. The third-order valence-electron chi connectivity index (χ3n) is 2.08. The number of hydrogen-bond acceptors (Lipinski definition) is 3. The van der Waals surface area contributed by atoms with Gasteiger partial charge in [-0.25, -0.2) is 0 Å². The number of anilines is 1. The zero-order valence-electron chi connectivity index (χ0n) is 10.3. The summed E-state index contributed by atoms with van der Waals surface area (Å²) in [6.07, 6.45) is 0. The zero-order chi connectivity index (χ0) is 14.9. The lowest BCUT2D eigenvalue weighted by Crippen LogP contribution is -2.25. The van der Waals surface area contributed by atoms with Gasteiger partial charge in [0.2, 0.25) is 5.39 Å². The van der Waals surface area contributed by atoms with Crippen molar-refractivity contribution in [2.24, 2.45) is 0 Å². The molecule has 0 unspecified atom stereocenters. The van der Waals surface area contributed by atoms with Gasteiger partial charge in [0.25, 0.3) is 0 Å². The van der Waals surface area contributed by atoms with Crippen LogP contribution in [-0.2, 0) is 0 Å². The monoisotopic (exact) mass is 279 g/mol. The molecule has 0 saturated carbocycles. The topological polar surface area (TPSA) is 51.6 Å². The van der Waals surface area contributed by atoms with Crippen LogP contribution in [0.1, 0.15) is 6.92 Å². The van der Waals surface area contributed by atoms with Crippen molar-refractivity contribution in [2.75, 3.05) is 24.6 Å². The van der Waals surface area contributed by atoms with Crippen molar-refractivity contribution in [3.05, 3.63) is 29.2 Å². The van der Waals surface area contributed by atoms with Crippen LogP contribution < -0.4 is 4.90 Å². The van der Waals surface area contributed by atoms with Gasteiger partial charge >= 0.3 is 12.9 Å². The highest BCUT2D eigenvalue weighted by molar-refractivity contribution is 6.50. The molecule has 0 heterocycles. The highest BCUT2D eigenvalue weighted by Crippen LogP contribution is 2.19. The number of halogens is 4. The normalized spacial score (nSPS) is 10.2. The number of benzene rings is 1. The van der Waals surface area contributed by atoms with E-state index in [0.29, 0.717) is 12.2 Å². The molecule has 0 atom stereocenters. The molecule has 0 saturated heterocycles. The van der Waals surface area contributed by atoms with Crippen molar-refractivity contribution < 1.29 is 22.4 Å². The Kier molecular flexibility index (Phi) is 7.52. The zero-order valence-corrected chi connectivity index (χ0v) is 10.3. The molecule has 9 heteroatoms. The van der Waals surface area contributed by atoms with Gasteiger partial charge in [0.15, 0.2) is 4.98 Å². The summed E-state index contributed by atoms with van der Waals surface area (Å²) in [7, 11) is -6.00. The van der Waals surface area contributed by atoms with E-state index < -0.39 is 7.25 Å². The molecule has 1 aromatic carbocycles. The second kappa shape index (κ2) is 8.32. The molecule has 4 nitrogen and oxygen atoms in total. The quantitative estimate of drug-likeness (QED) is 0.522. The second-order valence-corrected chi connectivity index (χ2v) is 3.41. The number of nitrogens with zero attached hydrogens (tertiary/aromatic N) is 3. The van der Waals surface area contributed by atoms with Crippen molar-refractivity contribution in [3.8, 4) is 0 Å². The van der Waals surface area contributed by atoms with Crippen LogP contribution in [0, 0.1) is 5.39 Å². The Bertz CT molecular complexity index is 399. The third kappa shape index (κ3) is 8.85. The summed E-state index contributed by atoms with van der Waals surface area (Å²) in [6, 6.07) is 7.20. The fourth-order valence-electron chi connectivity index (χ4n) is 1.32. The van der Waals surface area contributed by atoms with Gasteiger partial charge in [-0.1, -0.05) is 0 Å². The molecule has 0 amide bonds. The minimum Gasteiger partial charge on any atom is -0.418 e. The minimum absolute atomic E-state index is 0.139. The summed E-state index contributed by atoms with van der Waals surface area (Å²) in [4.78, 5) is 5.12. The number of aliphatic hydroxyl groups excluding tert-OH is 1. The molecule has 0 aliphatic heterocycles. The molecular formula is C10H14BF4N3O. The van der Waals surface area contributed by atoms with Crippen LogP contribution in [0.5, 0.6) is 0 Å². The largest absolute Gasteiger partial charge is 0.673 e. The van der Waals surface area contributed by atoms with Gasteiger partial charge in [-0.2, -0.15) is 0 Å². The molecule has 0 radical (unpaired) electrons. The minimum atomic E-state index is -6.00. The third-order valence-corrected chi connectivity index (χ3v) is 2.08. The lowest BCUT2D eigenvalue weighted by molar-refractivity contribution is 0.302. The summed E-state index contributed by atoms with van der Waals surface area (Å²) in [5.74, 6) is 0. The molecule has 1 aromatic rings. The first-order valence-electron chi connectivity index (χ1n) is 5.50. The SMILES string of the molecule is CCN(CCO)c1ccc([N+]#N)cc1.F[B-](F)(F)F. The molecule has 0 bridgehead atoms. The smallest absolute Gasteiger partial charge is 0.418 e. The lowest BCUT2D eigenvalue weighted by atomic mass is 10.2. The summed E-state index contributed by atoms with van der Waals surface area (Å²) >= 11 is 0. The average molecular weight is 279 g/mol. The van der Waals surface area contributed by atoms with E-state index in [4.69, 9.17) is 10.5 Å². The van der Waals surface area contributed by atoms with Crippen LogP contribution >= 0.6 is 0 Å². The van der Waals surface area contributed by atoms with Crippen molar-refractivity contribution in [3.63, 3.8) is 0 Å². The van der Waals surface area contributed by atoms with Crippen LogP contribution in [0.3, 0.4) is 0 Å².